The zero-order valence-corrected chi connectivity index (χ0v) is 14.2. The van der Waals surface area contributed by atoms with E-state index in [1.165, 1.54) is 36.1 Å². The third kappa shape index (κ3) is 4.05. The predicted molar refractivity (Wildman–Crippen MR) is 96.2 cm³/mol. The van der Waals surface area contributed by atoms with Crippen LogP contribution in [0, 0.1) is 11.7 Å². The van der Waals surface area contributed by atoms with Gasteiger partial charge >= 0.3 is 0 Å². The number of benzene rings is 2. The first-order valence-electron chi connectivity index (χ1n) is 8.17. The summed E-state index contributed by atoms with van der Waals surface area (Å²) in [7, 11) is 0. The van der Waals surface area contributed by atoms with Crippen LogP contribution in [-0.4, -0.2) is 24.3 Å². The maximum Gasteiger partial charge on any atom is 0.229 e. The second-order valence-electron chi connectivity index (χ2n) is 6.13. The van der Waals surface area contributed by atoms with E-state index in [0.29, 0.717) is 17.1 Å². The Balaban J connectivity index is 1.62. The standard InChI is InChI=1S/C19H18FN3O3/c1-12(24)21-15-4-6-16(7-5-15)22-19(26)13-10-18(25)23(11-13)17-8-2-14(20)3-9-17/h2-9,13H,10-11H2,1H3,(H,21,24)(H,22,26)/t13-/m1/s1. The van der Waals surface area contributed by atoms with Gasteiger partial charge in [0.25, 0.3) is 0 Å². The molecule has 3 rings (SSSR count). The number of nitrogens with one attached hydrogen (secondary N) is 2. The number of carbonyl (C=O) groups excluding carboxylic acids is 3. The van der Waals surface area contributed by atoms with E-state index >= 15 is 0 Å². The van der Waals surface area contributed by atoms with Crippen LogP contribution in [0.25, 0.3) is 0 Å². The van der Waals surface area contributed by atoms with E-state index in [1.807, 2.05) is 0 Å². The number of nitrogens with zero attached hydrogens (tertiary/aromatic N) is 1. The van der Waals surface area contributed by atoms with Crippen molar-refractivity contribution in [1.29, 1.82) is 0 Å². The van der Waals surface area contributed by atoms with Gasteiger partial charge in [0.15, 0.2) is 0 Å². The van der Waals surface area contributed by atoms with Gasteiger partial charge in [-0.3, -0.25) is 14.4 Å². The van der Waals surface area contributed by atoms with Gasteiger partial charge in [0.1, 0.15) is 5.82 Å². The van der Waals surface area contributed by atoms with Gasteiger partial charge in [-0.05, 0) is 48.5 Å². The van der Waals surface area contributed by atoms with Crippen molar-refractivity contribution in [1.82, 2.24) is 0 Å². The Morgan fingerprint density at radius 1 is 1.00 bits per heavy atom. The van der Waals surface area contributed by atoms with E-state index < -0.39 is 5.92 Å². The molecule has 2 N–H and O–H groups in total. The predicted octanol–water partition coefficient (Wildman–Crippen LogP) is 2.78. The fourth-order valence-electron chi connectivity index (χ4n) is 2.84. The van der Waals surface area contributed by atoms with Crippen LogP contribution in [0.1, 0.15) is 13.3 Å². The van der Waals surface area contributed by atoms with Crippen molar-refractivity contribution in [2.75, 3.05) is 22.1 Å². The molecule has 7 heteroatoms. The fourth-order valence-corrected chi connectivity index (χ4v) is 2.84. The minimum Gasteiger partial charge on any atom is -0.326 e. The van der Waals surface area contributed by atoms with Gasteiger partial charge in [0.05, 0.1) is 5.92 Å². The number of hydrogen-bond acceptors (Lipinski definition) is 3. The van der Waals surface area contributed by atoms with Crippen LogP contribution in [0.2, 0.25) is 0 Å². The number of amides is 3. The largest absolute Gasteiger partial charge is 0.326 e. The van der Waals surface area contributed by atoms with E-state index in [2.05, 4.69) is 10.6 Å². The van der Waals surface area contributed by atoms with Crippen molar-refractivity contribution in [2.45, 2.75) is 13.3 Å². The Morgan fingerprint density at radius 3 is 2.15 bits per heavy atom. The molecule has 0 radical (unpaired) electrons. The smallest absolute Gasteiger partial charge is 0.229 e. The number of halogens is 1. The van der Waals surface area contributed by atoms with E-state index in [-0.39, 0.29) is 36.5 Å². The summed E-state index contributed by atoms with van der Waals surface area (Å²) in [5, 5.41) is 5.42. The number of hydrogen-bond donors (Lipinski definition) is 2. The lowest BCUT2D eigenvalue weighted by atomic mass is 10.1. The van der Waals surface area contributed by atoms with Crippen molar-refractivity contribution in [2.24, 2.45) is 5.92 Å². The summed E-state index contributed by atoms with van der Waals surface area (Å²) in [6.45, 7) is 1.67. The average molecular weight is 355 g/mol. The molecule has 134 valence electrons. The van der Waals surface area contributed by atoms with Gasteiger partial charge in [-0.2, -0.15) is 0 Å². The van der Waals surface area contributed by atoms with Crippen LogP contribution >= 0.6 is 0 Å². The van der Waals surface area contributed by atoms with Gasteiger partial charge in [-0.1, -0.05) is 0 Å². The molecule has 1 fully saturated rings. The van der Waals surface area contributed by atoms with Gasteiger partial charge < -0.3 is 15.5 Å². The monoisotopic (exact) mass is 355 g/mol. The SMILES string of the molecule is CC(=O)Nc1ccc(NC(=O)[C@@H]2CC(=O)N(c3ccc(F)cc3)C2)cc1. The Morgan fingerprint density at radius 2 is 1.58 bits per heavy atom. The molecule has 0 spiro atoms. The third-order valence-electron chi connectivity index (χ3n) is 4.11. The minimum absolute atomic E-state index is 0.104. The topological polar surface area (TPSA) is 78.5 Å². The zero-order chi connectivity index (χ0) is 18.7. The van der Waals surface area contributed by atoms with Crippen molar-refractivity contribution < 1.29 is 18.8 Å². The first-order valence-corrected chi connectivity index (χ1v) is 8.17. The van der Waals surface area contributed by atoms with E-state index in [4.69, 9.17) is 0 Å². The quantitative estimate of drug-likeness (QED) is 0.885. The van der Waals surface area contributed by atoms with Gasteiger partial charge in [-0.15, -0.1) is 0 Å². The lowest BCUT2D eigenvalue weighted by molar-refractivity contribution is -0.122. The highest BCUT2D eigenvalue weighted by Crippen LogP contribution is 2.26. The summed E-state index contributed by atoms with van der Waals surface area (Å²) in [6, 6.07) is 12.3. The van der Waals surface area contributed by atoms with Crippen LogP contribution in [0.3, 0.4) is 0 Å². The van der Waals surface area contributed by atoms with Crippen molar-refractivity contribution in [3.05, 3.63) is 54.3 Å². The molecule has 0 saturated carbocycles. The van der Waals surface area contributed by atoms with E-state index in [0.717, 1.165) is 0 Å². The summed E-state index contributed by atoms with van der Waals surface area (Å²) in [5.41, 5.74) is 1.79. The Kier molecular flexibility index (Phi) is 4.97. The summed E-state index contributed by atoms with van der Waals surface area (Å²) in [5.74, 6) is -1.46. The first kappa shape index (κ1) is 17.6. The zero-order valence-electron chi connectivity index (χ0n) is 14.2. The number of carbonyl (C=O) groups is 3. The molecule has 0 unspecified atom stereocenters. The Bertz CT molecular complexity index is 834. The highest BCUT2D eigenvalue weighted by Gasteiger charge is 2.35. The molecule has 1 atom stereocenters. The molecule has 1 aliphatic heterocycles. The second-order valence-corrected chi connectivity index (χ2v) is 6.13. The lowest BCUT2D eigenvalue weighted by Crippen LogP contribution is -2.28. The van der Waals surface area contributed by atoms with Crippen molar-refractivity contribution in [3.63, 3.8) is 0 Å². The maximum atomic E-state index is 13.0. The Labute approximate surface area is 150 Å². The molecule has 1 aliphatic rings. The molecule has 3 amide bonds. The number of anilines is 3. The molecule has 6 nitrogen and oxygen atoms in total. The Hall–Kier alpha value is -3.22. The third-order valence-corrected chi connectivity index (χ3v) is 4.11. The van der Waals surface area contributed by atoms with Crippen LogP contribution in [0.15, 0.2) is 48.5 Å². The van der Waals surface area contributed by atoms with Crippen LogP contribution in [-0.2, 0) is 14.4 Å². The highest BCUT2D eigenvalue weighted by atomic mass is 19.1. The highest BCUT2D eigenvalue weighted by molar-refractivity contribution is 6.03. The molecule has 1 saturated heterocycles. The molecule has 26 heavy (non-hydrogen) atoms. The van der Waals surface area contributed by atoms with E-state index in [1.54, 1.807) is 24.3 Å². The molecule has 0 bridgehead atoms. The number of rotatable bonds is 4. The molecule has 0 aromatic heterocycles. The molecule has 1 heterocycles. The van der Waals surface area contributed by atoms with Crippen molar-refractivity contribution >= 4 is 34.8 Å². The lowest BCUT2D eigenvalue weighted by Gasteiger charge is -2.16. The van der Waals surface area contributed by atoms with Crippen LogP contribution < -0.4 is 15.5 Å². The second kappa shape index (κ2) is 7.35. The van der Waals surface area contributed by atoms with Gasteiger partial charge in [-0.25, -0.2) is 4.39 Å². The van der Waals surface area contributed by atoms with E-state index in [9.17, 15) is 18.8 Å². The normalized spacial score (nSPS) is 16.5. The maximum absolute atomic E-state index is 13.0. The summed E-state index contributed by atoms with van der Waals surface area (Å²) in [4.78, 5) is 37.1. The van der Waals surface area contributed by atoms with Gasteiger partial charge in [0.2, 0.25) is 17.7 Å². The fraction of sp³-hybridized carbons (Fsp3) is 0.211. The molecule has 0 aliphatic carbocycles. The van der Waals surface area contributed by atoms with Crippen LogP contribution in [0.5, 0.6) is 0 Å². The average Bonchev–Trinajstić information content (AvgIpc) is 2.99. The van der Waals surface area contributed by atoms with Gasteiger partial charge in [0, 0.05) is 37.0 Å². The molecular formula is C19H18FN3O3. The van der Waals surface area contributed by atoms with Crippen LogP contribution in [0.4, 0.5) is 21.5 Å². The first-order chi connectivity index (χ1) is 12.4. The summed E-state index contributed by atoms with van der Waals surface area (Å²) < 4.78 is 13.0. The minimum atomic E-state index is -0.484. The molecule has 2 aromatic rings. The van der Waals surface area contributed by atoms with Crippen molar-refractivity contribution in [3.8, 4) is 0 Å². The molecule has 2 aromatic carbocycles. The summed E-state index contributed by atoms with van der Waals surface area (Å²) >= 11 is 0. The summed E-state index contributed by atoms with van der Waals surface area (Å²) in [6.07, 6.45) is 0.104. The molecular weight excluding hydrogens is 337 g/mol.